The van der Waals surface area contributed by atoms with Crippen LogP contribution in [0.25, 0.3) is 0 Å². The van der Waals surface area contributed by atoms with E-state index in [4.69, 9.17) is 0 Å². The van der Waals surface area contributed by atoms with E-state index in [1.165, 1.54) is 321 Å². The van der Waals surface area contributed by atoms with Crippen LogP contribution in [0, 0.1) is 11.8 Å². The first-order chi connectivity index (χ1) is 38.0. The van der Waals surface area contributed by atoms with Gasteiger partial charge in [0.2, 0.25) is 20.8 Å². The van der Waals surface area contributed by atoms with Crippen LogP contribution < -0.4 is 0 Å². The standard InChI is InChI=1S/2C34H68O4S.Ca/c2*1-3-5-7-9-11-13-15-17-18-19-20-22-24-26-28-30-32-34(33-38-39(35,36)37)31-29-27-25-23-21-16-14-12-10-8-6-4-2;/h2*29,31,34H,3-28,30,32-33H2,1-2H3,(H,35,36,37);/q;;+2/p-2/b2*31-29+;. The van der Waals surface area contributed by atoms with Crippen LogP contribution in [0.2, 0.25) is 0 Å². The van der Waals surface area contributed by atoms with Gasteiger partial charge >= 0.3 is 37.7 Å². The van der Waals surface area contributed by atoms with Crippen LogP contribution in [0.5, 0.6) is 0 Å². The summed E-state index contributed by atoms with van der Waals surface area (Å²) in [5.41, 5.74) is 0. The monoisotopic (exact) mass is 1180 g/mol. The van der Waals surface area contributed by atoms with Crippen LogP contribution in [0.15, 0.2) is 24.3 Å². The van der Waals surface area contributed by atoms with E-state index >= 15 is 0 Å². The average molecular weight is 1180 g/mol. The average Bonchev–Trinajstić information content (AvgIpc) is 3.41. The molecule has 0 aromatic carbocycles. The maximum absolute atomic E-state index is 10.9. The molecule has 0 spiro atoms. The van der Waals surface area contributed by atoms with Gasteiger partial charge in [0.25, 0.3) is 0 Å². The molecule has 0 radical (unpaired) electrons. The summed E-state index contributed by atoms with van der Waals surface area (Å²) in [6.45, 7) is 9.05. The predicted octanol–water partition coefficient (Wildman–Crippen LogP) is 22.8. The zero-order valence-corrected chi connectivity index (χ0v) is 57.1. The largest absolute Gasteiger partial charge is 2.00 e. The fourth-order valence-electron chi connectivity index (χ4n) is 10.8. The van der Waals surface area contributed by atoms with Gasteiger partial charge < -0.3 is 9.11 Å². The van der Waals surface area contributed by atoms with Gasteiger partial charge in [-0.1, -0.05) is 373 Å². The molecule has 2 atom stereocenters. The van der Waals surface area contributed by atoms with Gasteiger partial charge in [-0.05, 0) is 38.5 Å². The Morgan fingerprint density at radius 3 is 0.620 bits per heavy atom. The minimum Gasteiger partial charge on any atom is -0.726 e. The van der Waals surface area contributed by atoms with E-state index in [9.17, 15) is 25.9 Å². The van der Waals surface area contributed by atoms with E-state index in [0.717, 1.165) is 38.5 Å². The molecular weight excluding hydrogens is 1050 g/mol. The van der Waals surface area contributed by atoms with Crippen LogP contribution in [0.1, 0.15) is 387 Å². The zero-order chi connectivity index (χ0) is 57.4. The number of hydrogen-bond donors (Lipinski definition) is 0. The van der Waals surface area contributed by atoms with Gasteiger partial charge in [0.05, 0.1) is 13.2 Å². The summed E-state index contributed by atoms with van der Waals surface area (Å²) < 4.78 is 74.8. The molecule has 468 valence electrons. The van der Waals surface area contributed by atoms with Gasteiger partial charge in [-0.2, -0.15) is 0 Å². The van der Waals surface area contributed by atoms with E-state index in [0.29, 0.717) is 0 Å². The fourth-order valence-corrected chi connectivity index (χ4v) is 11.5. The molecule has 0 aromatic heterocycles. The second kappa shape index (κ2) is 69.3. The smallest absolute Gasteiger partial charge is 0.726 e. The second-order valence-corrected chi connectivity index (χ2v) is 26.0. The van der Waals surface area contributed by atoms with Gasteiger partial charge in [-0.15, -0.1) is 0 Å². The molecule has 0 aliphatic rings. The zero-order valence-electron chi connectivity index (χ0n) is 53.3. The third kappa shape index (κ3) is 78.5. The van der Waals surface area contributed by atoms with Crippen LogP contribution in [-0.4, -0.2) is 76.9 Å². The minimum atomic E-state index is -4.62. The molecule has 11 heteroatoms. The Hall–Kier alpha value is 0.480. The molecule has 0 heterocycles. The molecule has 0 fully saturated rings. The van der Waals surface area contributed by atoms with Crippen molar-refractivity contribution in [3.05, 3.63) is 24.3 Å². The predicted molar refractivity (Wildman–Crippen MR) is 344 cm³/mol. The third-order valence-electron chi connectivity index (χ3n) is 16.0. The molecule has 79 heavy (non-hydrogen) atoms. The molecular formula is C68H134CaO8S2. The van der Waals surface area contributed by atoms with Crippen LogP contribution >= 0.6 is 0 Å². The van der Waals surface area contributed by atoms with E-state index in [1.54, 1.807) is 0 Å². The summed E-state index contributed by atoms with van der Waals surface area (Å²) in [4.78, 5) is 0. The molecule has 0 amide bonds. The van der Waals surface area contributed by atoms with Crippen molar-refractivity contribution in [1.82, 2.24) is 0 Å². The van der Waals surface area contributed by atoms with Crippen LogP contribution in [0.3, 0.4) is 0 Å². The summed E-state index contributed by atoms with van der Waals surface area (Å²) in [7, 11) is -9.24. The van der Waals surface area contributed by atoms with Gasteiger partial charge in [0.15, 0.2) is 0 Å². The quantitative estimate of drug-likeness (QED) is 0.0193. The number of allylic oxidation sites excluding steroid dienone is 2. The van der Waals surface area contributed by atoms with Gasteiger partial charge in [-0.25, -0.2) is 16.8 Å². The first kappa shape index (κ1) is 83.7. The summed E-state index contributed by atoms with van der Waals surface area (Å²) in [5, 5.41) is 0. The Kier molecular flexibility index (Phi) is 73.4. The Labute approximate surface area is 525 Å². The van der Waals surface area contributed by atoms with Gasteiger partial charge in [0.1, 0.15) is 0 Å². The first-order valence-corrected chi connectivity index (χ1v) is 37.2. The fraction of sp³-hybridized carbons (Fsp3) is 0.941. The van der Waals surface area contributed by atoms with Crippen molar-refractivity contribution in [2.75, 3.05) is 13.2 Å². The number of rotatable bonds is 64. The minimum absolute atomic E-state index is 0. The molecule has 0 aliphatic heterocycles. The summed E-state index contributed by atoms with van der Waals surface area (Å²) in [6, 6.07) is 0. The van der Waals surface area contributed by atoms with E-state index in [-0.39, 0.29) is 62.8 Å². The second-order valence-electron chi connectivity index (χ2n) is 23.9. The van der Waals surface area contributed by atoms with E-state index < -0.39 is 20.8 Å². The van der Waals surface area contributed by atoms with E-state index in [1.807, 2.05) is 0 Å². The maximum atomic E-state index is 10.9. The van der Waals surface area contributed by atoms with Crippen molar-refractivity contribution < 1.29 is 34.3 Å². The SMILES string of the molecule is CCCCCCCCCCCC/C=C/C(CCCCCCCCCCCCCCCCCC)COS(=O)(=O)[O-].CCCCCCCCCCCC/C=C/C(CCCCCCCCCCCCCCCCCC)COS(=O)(=O)[O-].[Ca+2]. The van der Waals surface area contributed by atoms with Gasteiger partial charge in [-0.3, -0.25) is 8.37 Å². The molecule has 0 aliphatic carbocycles. The molecule has 8 nitrogen and oxygen atoms in total. The van der Waals surface area contributed by atoms with E-state index in [2.05, 4.69) is 60.4 Å². The molecule has 0 saturated heterocycles. The Balaban J connectivity index is -0.00000144. The molecule has 0 saturated carbocycles. The van der Waals surface area contributed by atoms with Crippen molar-refractivity contribution in [3.63, 3.8) is 0 Å². The van der Waals surface area contributed by atoms with Crippen molar-refractivity contribution in [3.8, 4) is 0 Å². The van der Waals surface area contributed by atoms with Crippen molar-refractivity contribution >= 4 is 58.5 Å². The third-order valence-corrected chi connectivity index (χ3v) is 16.8. The number of hydrogen-bond acceptors (Lipinski definition) is 8. The normalized spacial score (nSPS) is 12.8. The van der Waals surface area contributed by atoms with Crippen molar-refractivity contribution in [2.45, 2.75) is 387 Å². The topological polar surface area (TPSA) is 133 Å². The Morgan fingerprint density at radius 2 is 0.443 bits per heavy atom. The van der Waals surface area contributed by atoms with Crippen molar-refractivity contribution in [2.24, 2.45) is 11.8 Å². The molecule has 0 aromatic rings. The van der Waals surface area contributed by atoms with Crippen molar-refractivity contribution in [1.29, 1.82) is 0 Å². The Morgan fingerprint density at radius 1 is 0.278 bits per heavy atom. The molecule has 2 unspecified atom stereocenters. The summed E-state index contributed by atoms with van der Waals surface area (Å²) in [5.74, 6) is 0.0342. The maximum Gasteiger partial charge on any atom is 2.00 e. The number of unbranched alkanes of at least 4 members (excludes halogenated alkanes) is 50. The van der Waals surface area contributed by atoms with Gasteiger partial charge in [0, 0.05) is 11.8 Å². The summed E-state index contributed by atoms with van der Waals surface area (Å²) in [6.07, 6.45) is 81.9. The van der Waals surface area contributed by atoms with Crippen LogP contribution in [0.4, 0.5) is 0 Å². The molecule has 0 bridgehead atoms. The molecule has 0 rings (SSSR count). The Bertz CT molecular complexity index is 1320. The first-order valence-electron chi connectivity index (χ1n) is 34.5. The molecule has 0 N–H and O–H groups in total. The van der Waals surface area contributed by atoms with Crippen LogP contribution in [-0.2, 0) is 29.2 Å². The summed E-state index contributed by atoms with van der Waals surface area (Å²) >= 11 is 0.